The van der Waals surface area contributed by atoms with Crippen molar-refractivity contribution in [3.8, 4) is 0 Å². The minimum Gasteiger partial charge on any atom is -0.271 e. The molecule has 0 saturated carbocycles. The zero-order valence-corrected chi connectivity index (χ0v) is 6.59. The largest absolute Gasteiger partial charge is 0.271 e. The summed E-state index contributed by atoms with van der Waals surface area (Å²) in [6, 6.07) is 8.01. The molecule has 1 rings (SSSR count). The molecule has 0 fully saturated rings. The Hall–Kier alpha value is -0.643. The number of rotatable bonds is 2. The van der Waals surface area contributed by atoms with Crippen LogP contribution >= 0.6 is 0 Å². The third-order valence-electron chi connectivity index (χ3n) is 1.23. The number of nitrogens with one attached hydrogen (secondary N) is 1. The van der Waals surface area contributed by atoms with Gasteiger partial charge in [-0.3, -0.25) is 11.3 Å². The highest BCUT2D eigenvalue weighted by molar-refractivity contribution is 6.32. The Kier molecular flexibility index (Phi) is 2.62. The molecule has 0 spiro atoms. The van der Waals surface area contributed by atoms with Gasteiger partial charge in [0.25, 0.3) is 0 Å². The SMILES string of the molecule is NNCc1cccc([Si])c1. The van der Waals surface area contributed by atoms with Gasteiger partial charge in [0.2, 0.25) is 0 Å². The Morgan fingerprint density at radius 1 is 1.50 bits per heavy atom. The Labute approximate surface area is 63.8 Å². The summed E-state index contributed by atoms with van der Waals surface area (Å²) in [6.45, 7) is 0.707. The topological polar surface area (TPSA) is 38.0 Å². The number of nitrogens with two attached hydrogens (primary N) is 1. The number of hydrogen-bond donors (Lipinski definition) is 2. The van der Waals surface area contributed by atoms with Gasteiger partial charge in [0, 0.05) is 6.54 Å². The van der Waals surface area contributed by atoms with Gasteiger partial charge in [-0.2, -0.15) is 0 Å². The molecule has 0 bridgehead atoms. The van der Waals surface area contributed by atoms with Crippen molar-refractivity contribution in [2.45, 2.75) is 6.54 Å². The molecule has 10 heavy (non-hydrogen) atoms. The van der Waals surface area contributed by atoms with Gasteiger partial charge in [-0.25, -0.2) is 0 Å². The lowest BCUT2D eigenvalue weighted by atomic mass is 10.2. The van der Waals surface area contributed by atoms with E-state index >= 15 is 0 Å². The predicted octanol–water partition coefficient (Wildman–Crippen LogP) is -0.556. The molecule has 0 aliphatic rings. The Balaban J connectivity index is 2.75. The highest BCUT2D eigenvalue weighted by atomic mass is 28.1. The van der Waals surface area contributed by atoms with Gasteiger partial charge in [-0.1, -0.05) is 29.5 Å². The lowest BCUT2D eigenvalue weighted by molar-refractivity contribution is 0.742. The van der Waals surface area contributed by atoms with Crippen LogP contribution in [-0.4, -0.2) is 10.2 Å². The molecular formula is C7H9N2Si. The van der Waals surface area contributed by atoms with Gasteiger partial charge < -0.3 is 0 Å². The quantitative estimate of drug-likeness (QED) is 0.336. The average molecular weight is 149 g/mol. The highest BCUT2D eigenvalue weighted by Gasteiger charge is 1.88. The maximum atomic E-state index is 5.14. The predicted molar refractivity (Wildman–Crippen MR) is 42.9 cm³/mol. The third-order valence-corrected chi connectivity index (χ3v) is 1.54. The Morgan fingerprint density at radius 2 is 2.30 bits per heavy atom. The molecule has 2 nitrogen and oxygen atoms in total. The smallest absolute Gasteiger partial charge is 0.0711 e. The van der Waals surface area contributed by atoms with Crippen LogP contribution in [-0.2, 0) is 6.54 Å². The molecule has 0 amide bonds. The number of benzene rings is 1. The monoisotopic (exact) mass is 149 g/mol. The van der Waals surface area contributed by atoms with Gasteiger partial charge in [0.05, 0.1) is 10.2 Å². The van der Waals surface area contributed by atoms with Gasteiger partial charge in [-0.05, 0) is 5.56 Å². The van der Waals surface area contributed by atoms with Crippen molar-refractivity contribution in [3.63, 3.8) is 0 Å². The minimum absolute atomic E-state index is 0.707. The molecule has 0 atom stereocenters. The molecule has 0 aliphatic carbocycles. The van der Waals surface area contributed by atoms with Crippen molar-refractivity contribution in [2.75, 3.05) is 0 Å². The summed E-state index contributed by atoms with van der Waals surface area (Å²) in [5, 5.41) is 1.08. The first kappa shape index (κ1) is 7.46. The summed E-state index contributed by atoms with van der Waals surface area (Å²) in [7, 11) is 3.41. The van der Waals surface area contributed by atoms with E-state index in [1.807, 2.05) is 24.3 Å². The standard InChI is InChI=1S/C7H9N2Si/c8-9-5-6-2-1-3-7(10)4-6/h1-4,9H,5,8H2. The van der Waals surface area contributed by atoms with E-state index in [0.717, 1.165) is 5.19 Å². The zero-order chi connectivity index (χ0) is 7.40. The minimum atomic E-state index is 0.707. The average Bonchev–Trinajstić information content (AvgIpc) is 1.88. The summed E-state index contributed by atoms with van der Waals surface area (Å²) in [4.78, 5) is 0. The maximum absolute atomic E-state index is 5.14. The fourth-order valence-corrected chi connectivity index (χ4v) is 1.08. The third kappa shape index (κ3) is 1.95. The van der Waals surface area contributed by atoms with Gasteiger partial charge in [0.15, 0.2) is 0 Å². The second-order valence-electron chi connectivity index (χ2n) is 2.08. The van der Waals surface area contributed by atoms with Crippen molar-refractivity contribution in [1.82, 2.24) is 5.43 Å². The fraction of sp³-hybridized carbons (Fsp3) is 0.143. The molecule has 0 aliphatic heterocycles. The van der Waals surface area contributed by atoms with Crippen LogP contribution in [0.3, 0.4) is 0 Å². The Morgan fingerprint density at radius 3 is 2.90 bits per heavy atom. The van der Waals surface area contributed by atoms with Gasteiger partial charge in [-0.15, -0.1) is 0 Å². The lowest BCUT2D eigenvalue weighted by Crippen LogP contribution is -2.21. The first-order valence-corrected chi connectivity index (χ1v) is 3.57. The van der Waals surface area contributed by atoms with Crippen LogP contribution in [0.25, 0.3) is 0 Å². The van der Waals surface area contributed by atoms with E-state index in [1.54, 1.807) is 0 Å². The molecule has 1 aromatic carbocycles. The van der Waals surface area contributed by atoms with E-state index in [-0.39, 0.29) is 0 Å². The van der Waals surface area contributed by atoms with Gasteiger partial charge >= 0.3 is 0 Å². The molecule has 0 unspecified atom stereocenters. The zero-order valence-electron chi connectivity index (χ0n) is 5.59. The van der Waals surface area contributed by atoms with E-state index < -0.39 is 0 Å². The molecule has 3 N–H and O–H groups in total. The highest BCUT2D eigenvalue weighted by Crippen LogP contribution is 1.93. The van der Waals surface area contributed by atoms with E-state index in [2.05, 4.69) is 15.7 Å². The first-order valence-electron chi connectivity index (χ1n) is 3.07. The van der Waals surface area contributed by atoms with E-state index in [1.165, 1.54) is 5.56 Å². The number of hydrazine groups is 1. The summed E-state index contributed by atoms with van der Waals surface area (Å²) in [5.41, 5.74) is 3.77. The molecule has 51 valence electrons. The summed E-state index contributed by atoms with van der Waals surface area (Å²) in [5.74, 6) is 5.14. The maximum Gasteiger partial charge on any atom is 0.0711 e. The van der Waals surface area contributed by atoms with Crippen LogP contribution in [0.2, 0.25) is 0 Å². The molecule has 3 radical (unpaired) electrons. The van der Waals surface area contributed by atoms with Crippen LogP contribution < -0.4 is 16.5 Å². The van der Waals surface area contributed by atoms with Crippen molar-refractivity contribution in [1.29, 1.82) is 0 Å². The van der Waals surface area contributed by atoms with Crippen molar-refractivity contribution in [2.24, 2.45) is 5.84 Å². The first-order chi connectivity index (χ1) is 4.83. The van der Waals surface area contributed by atoms with Crippen molar-refractivity contribution >= 4 is 15.4 Å². The van der Waals surface area contributed by atoms with E-state index in [9.17, 15) is 0 Å². The van der Waals surface area contributed by atoms with E-state index in [4.69, 9.17) is 5.84 Å². The van der Waals surface area contributed by atoms with E-state index in [0.29, 0.717) is 6.54 Å². The molecule has 0 aromatic heterocycles. The summed E-state index contributed by atoms with van der Waals surface area (Å²) >= 11 is 0. The fourth-order valence-electron chi connectivity index (χ4n) is 0.799. The molecule has 0 heterocycles. The summed E-state index contributed by atoms with van der Waals surface area (Å²) in [6.07, 6.45) is 0. The molecule has 1 aromatic rings. The normalized spacial score (nSPS) is 9.80. The second kappa shape index (κ2) is 3.51. The lowest BCUT2D eigenvalue weighted by Gasteiger charge is -1.99. The molecule has 0 saturated heterocycles. The van der Waals surface area contributed by atoms with Crippen LogP contribution in [0.4, 0.5) is 0 Å². The van der Waals surface area contributed by atoms with Crippen molar-refractivity contribution in [3.05, 3.63) is 29.8 Å². The van der Waals surface area contributed by atoms with Crippen LogP contribution in [0.15, 0.2) is 24.3 Å². The van der Waals surface area contributed by atoms with Crippen LogP contribution in [0.5, 0.6) is 0 Å². The molecule has 3 heteroatoms. The summed E-state index contributed by atoms with van der Waals surface area (Å²) < 4.78 is 0. The number of hydrogen-bond acceptors (Lipinski definition) is 2. The van der Waals surface area contributed by atoms with Crippen LogP contribution in [0, 0.1) is 0 Å². The van der Waals surface area contributed by atoms with Crippen molar-refractivity contribution < 1.29 is 0 Å². The van der Waals surface area contributed by atoms with Crippen LogP contribution in [0.1, 0.15) is 5.56 Å². The van der Waals surface area contributed by atoms with Gasteiger partial charge in [0.1, 0.15) is 0 Å². The molecular weight excluding hydrogens is 140 g/mol. The second-order valence-corrected chi connectivity index (χ2v) is 2.66. The Bertz CT molecular complexity index is 213.